The Morgan fingerprint density at radius 2 is 2.23 bits per heavy atom. The Labute approximate surface area is 82.7 Å². The highest BCUT2D eigenvalue weighted by Crippen LogP contribution is 2.13. The van der Waals surface area contributed by atoms with Crippen LogP contribution >= 0.6 is 15.9 Å². The molecule has 5 heteroatoms. The van der Waals surface area contributed by atoms with E-state index in [2.05, 4.69) is 20.9 Å². The fourth-order valence-electron chi connectivity index (χ4n) is 0.800. The Hall–Kier alpha value is -1.23. The molecule has 4 nitrogen and oxygen atoms in total. The number of carbonyl (C=O) groups is 2. The van der Waals surface area contributed by atoms with Crippen molar-refractivity contribution in [1.82, 2.24) is 4.98 Å². The lowest BCUT2D eigenvalue weighted by Crippen LogP contribution is -2.15. The minimum absolute atomic E-state index is 0.135. The number of rotatable bonds is 3. The molecule has 13 heavy (non-hydrogen) atoms. The van der Waals surface area contributed by atoms with Crippen molar-refractivity contribution < 1.29 is 14.7 Å². The normalized spacial score (nSPS) is 9.62. The van der Waals surface area contributed by atoms with E-state index in [4.69, 9.17) is 5.11 Å². The van der Waals surface area contributed by atoms with Crippen LogP contribution in [-0.2, 0) is 16.0 Å². The smallest absolute Gasteiger partial charge is 0.372 e. The first-order valence-corrected chi connectivity index (χ1v) is 4.26. The third kappa shape index (κ3) is 2.62. The molecule has 1 heterocycles. The average molecular weight is 244 g/mol. The molecule has 0 aliphatic rings. The van der Waals surface area contributed by atoms with Crippen LogP contribution in [0, 0.1) is 0 Å². The number of aliphatic carboxylic acids is 1. The predicted octanol–water partition coefficient (Wildman–Crippen LogP) is 1.04. The molecule has 0 saturated carbocycles. The van der Waals surface area contributed by atoms with E-state index in [0.717, 1.165) is 0 Å². The summed E-state index contributed by atoms with van der Waals surface area (Å²) in [5.74, 6) is -2.26. The van der Waals surface area contributed by atoms with Crippen molar-refractivity contribution in [2.75, 3.05) is 0 Å². The van der Waals surface area contributed by atoms with Crippen molar-refractivity contribution in [3.05, 3.63) is 28.5 Å². The van der Waals surface area contributed by atoms with Crippen molar-refractivity contribution in [1.29, 1.82) is 0 Å². The standard InChI is InChI=1S/C8H6BrNO3/c9-7-5(2-1-3-10-7)4-6(11)8(12)13/h1-3H,4H2,(H,12,13). The molecule has 0 unspecified atom stereocenters. The minimum Gasteiger partial charge on any atom is -0.475 e. The summed E-state index contributed by atoms with van der Waals surface area (Å²) in [5, 5.41) is 8.35. The molecule has 0 aliphatic heterocycles. The predicted molar refractivity (Wildman–Crippen MR) is 48.3 cm³/mol. The van der Waals surface area contributed by atoms with E-state index in [1.807, 2.05) is 0 Å². The van der Waals surface area contributed by atoms with Gasteiger partial charge in [-0.3, -0.25) is 4.79 Å². The summed E-state index contributed by atoms with van der Waals surface area (Å²) >= 11 is 3.12. The largest absolute Gasteiger partial charge is 0.475 e. The van der Waals surface area contributed by atoms with E-state index in [1.165, 1.54) is 0 Å². The van der Waals surface area contributed by atoms with Crippen LogP contribution in [0.3, 0.4) is 0 Å². The summed E-state index contributed by atoms with van der Waals surface area (Å²) in [4.78, 5) is 24.9. The minimum atomic E-state index is -1.42. The molecule has 0 saturated heterocycles. The number of carbonyl (C=O) groups excluding carboxylic acids is 1. The average Bonchev–Trinajstić information content (AvgIpc) is 2.08. The highest BCUT2D eigenvalue weighted by atomic mass is 79.9. The van der Waals surface area contributed by atoms with Crippen molar-refractivity contribution in [2.24, 2.45) is 0 Å². The van der Waals surface area contributed by atoms with Crippen LogP contribution in [0.4, 0.5) is 0 Å². The Morgan fingerprint density at radius 1 is 1.54 bits per heavy atom. The highest BCUT2D eigenvalue weighted by Gasteiger charge is 2.13. The van der Waals surface area contributed by atoms with Crippen LogP contribution in [-0.4, -0.2) is 21.8 Å². The Kier molecular flexibility index (Phi) is 3.13. The maximum Gasteiger partial charge on any atom is 0.372 e. The number of aromatic nitrogens is 1. The zero-order valence-corrected chi connectivity index (χ0v) is 8.11. The molecule has 0 atom stereocenters. The fraction of sp³-hybridized carbons (Fsp3) is 0.125. The number of carboxylic acids is 1. The molecule has 0 aromatic carbocycles. The first-order valence-electron chi connectivity index (χ1n) is 3.47. The highest BCUT2D eigenvalue weighted by molar-refractivity contribution is 9.10. The van der Waals surface area contributed by atoms with E-state index >= 15 is 0 Å². The topological polar surface area (TPSA) is 67.3 Å². The fourth-order valence-corrected chi connectivity index (χ4v) is 1.19. The van der Waals surface area contributed by atoms with Gasteiger partial charge in [0.05, 0.1) is 0 Å². The molecular formula is C8H6BrNO3. The molecule has 1 rings (SSSR count). The van der Waals surface area contributed by atoms with Gasteiger partial charge in [0, 0.05) is 12.6 Å². The Bertz CT molecular complexity index is 351. The molecular weight excluding hydrogens is 238 g/mol. The van der Waals surface area contributed by atoms with Crippen LogP contribution in [0.25, 0.3) is 0 Å². The van der Waals surface area contributed by atoms with E-state index in [0.29, 0.717) is 10.2 Å². The Balaban J connectivity index is 2.81. The van der Waals surface area contributed by atoms with Gasteiger partial charge in [-0.1, -0.05) is 6.07 Å². The van der Waals surface area contributed by atoms with Gasteiger partial charge in [0.1, 0.15) is 4.60 Å². The van der Waals surface area contributed by atoms with Gasteiger partial charge < -0.3 is 5.11 Å². The number of halogens is 1. The molecule has 1 aromatic rings. The van der Waals surface area contributed by atoms with Gasteiger partial charge >= 0.3 is 5.97 Å². The van der Waals surface area contributed by atoms with Crippen LogP contribution in [0.15, 0.2) is 22.9 Å². The van der Waals surface area contributed by atoms with Crippen molar-refractivity contribution in [2.45, 2.75) is 6.42 Å². The number of ketones is 1. The molecule has 68 valence electrons. The number of carboxylic acid groups (broad SMARTS) is 1. The van der Waals surface area contributed by atoms with Gasteiger partial charge in [-0.15, -0.1) is 0 Å². The van der Waals surface area contributed by atoms with Crippen molar-refractivity contribution in [3.63, 3.8) is 0 Å². The number of nitrogens with zero attached hydrogens (tertiary/aromatic N) is 1. The van der Waals surface area contributed by atoms with E-state index in [9.17, 15) is 9.59 Å². The lowest BCUT2D eigenvalue weighted by atomic mass is 10.1. The van der Waals surface area contributed by atoms with E-state index < -0.39 is 11.8 Å². The molecule has 0 spiro atoms. The lowest BCUT2D eigenvalue weighted by molar-refractivity contribution is -0.148. The van der Waals surface area contributed by atoms with Gasteiger partial charge in [-0.2, -0.15) is 0 Å². The van der Waals surface area contributed by atoms with Crippen LogP contribution in [0.5, 0.6) is 0 Å². The number of hydrogen-bond acceptors (Lipinski definition) is 3. The van der Waals surface area contributed by atoms with Gasteiger partial charge in [-0.05, 0) is 27.6 Å². The summed E-state index contributed by atoms with van der Waals surface area (Å²) < 4.78 is 0.504. The molecule has 0 radical (unpaired) electrons. The second kappa shape index (κ2) is 4.13. The van der Waals surface area contributed by atoms with Gasteiger partial charge in [0.25, 0.3) is 0 Å². The number of Topliss-reactive ketones (excluding diaryl/α,β-unsaturated/α-hetero) is 1. The summed E-state index contributed by atoms with van der Waals surface area (Å²) in [5.41, 5.74) is 0.579. The van der Waals surface area contributed by atoms with Crippen LogP contribution < -0.4 is 0 Å². The monoisotopic (exact) mass is 243 g/mol. The van der Waals surface area contributed by atoms with Crippen LogP contribution in [0.2, 0.25) is 0 Å². The van der Waals surface area contributed by atoms with Gasteiger partial charge in [-0.25, -0.2) is 9.78 Å². The first-order chi connectivity index (χ1) is 6.11. The van der Waals surface area contributed by atoms with Crippen LogP contribution in [0.1, 0.15) is 5.56 Å². The molecule has 1 aromatic heterocycles. The molecule has 0 bridgehead atoms. The summed E-state index contributed by atoms with van der Waals surface area (Å²) in [6, 6.07) is 3.30. The number of pyridine rings is 1. The molecule has 0 aliphatic carbocycles. The molecule has 1 N–H and O–H groups in total. The maximum atomic E-state index is 10.8. The Morgan fingerprint density at radius 3 is 2.77 bits per heavy atom. The zero-order valence-electron chi connectivity index (χ0n) is 6.53. The second-order valence-electron chi connectivity index (χ2n) is 2.36. The quantitative estimate of drug-likeness (QED) is 0.637. The lowest BCUT2D eigenvalue weighted by Gasteiger charge is -1.98. The van der Waals surface area contributed by atoms with Gasteiger partial charge in [0.15, 0.2) is 0 Å². The maximum absolute atomic E-state index is 10.8. The third-order valence-electron chi connectivity index (χ3n) is 1.43. The second-order valence-corrected chi connectivity index (χ2v) is 3.11. The molecule has 0 amide bonds. The summed E-state index contributed by atoms with van der Waals surface area (Å²) in [6.07, 6.45) is 1.42. The van der Waals surface area contributed by atoms with E-state index in [1.54, 1.807) is 18.3 Å². The third-order valence-corrected chi connectivity index (χ3v) is 2.14. The van der Waals surface area contributed by atoms with Crippen molar-refractivity contribution in [3.8, 4) is 0 Å². The summed E-state index contributed by atoms with van der Waals surface area (Å²) in [6.45, 7) is 0. The summed E-state index contributed by atoms with van der Waals surface area (Å²) in [7, 11) is 0. The van der Waals surface area contributed by atoms with Gasteiger partial charge in [0.2, 0.25) is 5.78 Å². The first kappa shape index (κ1) is 9.85. The van der Waals surface area contributed by atoms with E-state index in [-0.39, 0.29) is 6.42 Å². The SMILES string of the molecule is O=C(O)C(=O)Cc1cccnc1Br. The zero-order chi connectivity index (χ0) is 9.84. The van der Waals surface area contributed by atoms with Crippen molar-refractivity contribution >= 4 is 27.7 Å². The molecule has 0 fully saturated rings. The number of hydrogen-bond donors (Lipinski definition) is 1.